The van der Waals surface area contributed by atoms with E-state index in [1.165, 1.54) is 21.6 Å². The first-order chi connectivity index (χ1) is 15.5. The Kier molecular flexibility index (Phi) is 9.84. The predicted octanol–water partition coefficient (Wildman–Crippen LogP) is -0.00640. The number of hydrogen-bond acceptors (Lipinski definition) is 11. The number of aromatic nitrogens is 2. The minimum absolute atomic E-state index is 0.0773. The molecule has 0 saturated carbocycles. The van der Waals surface area contributed by atoms with Crippen molar-refractivity contribution in [1.82, 2.24) is 14.9 Å². The topological polar surface area (TPSA) is 169 Å². The van der Waals surface area contributed by atoms with E-state index in [4.69, 9.17) is 14.2 Å². The van der Waals surface area contributed by atoms with Gasteiger partial charge in [-0.3, -0.25) is 14.3 Å². The van der Waals surface area contributed by atoms with Crippen molar-refractivity contribution in [1.29, 1.82) is 0 Å². The lowest BCUT2D eigenvalue weighted by Gasteiger charge is -2.24. The van der Waals surface area contributed by atoms with Crippen molar-refractivity contribution in [3.8, 4) is 0 Å². The van der Waals surface area contributed by atoms with Crippen LogP contribution in [0, 0.1) is 0 Å². The number of aliphatic hydroxyl groups excluding tert-OH is 2. The van der Waals surface area contributed by atoms with Crippen LogP contribution in [0.25, 0.3) is 0 Å². The van der Waals surface area contributed by atoms with Gasteiger partial charge < -0.3 is 29.7 Å². The third kappa shape index (κ3) is 7.78. The van der Waals surface area contributed by atoms with E-state index in [2.05, 4.69) is 5.32 Å². The number of alkyl carbamates (subject to hydrolysis) is 1. The number of nitrogens with one attached hydrogen (secondary N) is 2. The second kappa shape index (κ2) is 11.9. The zero-order valence-electron chi connectivity index (χ0n) is 18.7. The van der Waals surface area contributed by atoms with Gasteiger partial charge in [0.15, 0.2) is 12.3 Å². The average molecular weight is 508 g/mol. The van der Waals surface area contributed by atoms with E-state index in [-0.39, 0.29) is 17.1 Å². The molecular formula is C19H29N3O9S2. The largest absolute Gasteiger partial charge is 0.464 e. The van der Waals surface area contributed by atoms with Crippen LogP contribution in [0.2, 0.25) is 0 Å². The molecule has 2 unspecified atom stereocenters. The van der Waals surface area contributed by atoms with Gasteiger partial charge in [-0.05, 0) is 6.92 Å². The van der Waals surface area contributed by atoms with Crippen LogP contribution >= 0.6 is 21.6 Å². The third-order valence-electron chi connectivity index (χ3n) is 4.27. The first kappa shape index (κ1) is 27.2. The molecule has 0 aliphatic carbocycles. The van der Waals surface area contributed by atoms with E-state index in [1.807, 2.05) is 25.8 Å². The molecule has 14 heteroatoms. The van der Waals surface area contributed by atoms with Crippen molar-refractivity contribution < 1.29 is 34.0 Å². The summed E-state index contributed by atoms with van der Waals surface area (Å²) in [7, 11) is 2.90. The summed E-state index contributed by atoms with van der Waals surface area (Å²) in [5.74, 6) is -0.455. The molecule has 1 aliphatic heterocycles. The summed E-state index contributed by atoms with van der Waals surface area (Å²) in [5.41, 5.74) is -1.50. The van der Waals surface area contributed by atoms with Crippen molar-refractivity contribution in [2.24, 2.45) is 0 Å². The summed E-state index contributed by atoms with van der Waals surface area (Å²) in [5, 5.41) is 22.3. The Balaban J connectivity index is 2.15. The standard InChI is InChI=1S/C19H29N3O9S2/c1-5-29-16(26)10(9-32-33-19(2,3)4)20-18(28)31-14-13(25)11(8-23)30-15(14)22-7-6-12(24)21-17(22)27/h6-7,10-11,13-15,23,25H,5,8-9H2,1-4H3,(H,20,28)(H,21,24,27)/t10-,11+,13?,14?,15+/m0/s1. The molecular weight excluding hydrogens is 478 g/mol. The number of aliphatic hydroxyl groups is 2. The molecule has 1 fully saturated rings. The molecule has 2 rings (SSSR count). The van der Waals surface area contributed by atoms with Crippen LogP contribution in [0.4, 0.5) is 4.79 Å². The second-order valence-corrected chi connectivity index (χ2v) is 11.2. The van der Waals surface area contributed by atoms with E-state index in [0.717, 1.165) is 16.8 Å². The van der Waals surface area contributed by atoms with Crippen LogP contribution in [-0.2, 0) is 19.0 Å². The molecule has 2 heterocycles. The maximum Gasteiger partial charge on any atom is 0.408 e. The fraction of sp³-hybridized carbons (Fsp3) is 0.684. The number of amides is 1. The minimum Gasteiger partial charge on any atom is -0.464 e. The van der Waals surface area contributed by atoms with Gasteiger partial charge in [0, 0.05) is 22.8 Å². The fourth-order valence-electron chi connectivity index (χ4n) is 2.84. The van der Waals surface area contributed by atoms with Crippen molar-refractivity contribution in [2.45, 2.75) is 63.0 Å². The van der Waals surface area contributed by atoms with Gasteiger partial charge in [-0.2, -0.15) is 0 Å². The van der Waals surface area contributed by atoms with Crippen LogP contribution in [0.1, 0.15) is 33.9 Å². The van der Waals surface area contributed by atoms with E-state index in [9.17, 15) is 29.4 Å². The van der Waals surface area contributed by atoms with Crippen LogP contribution in [0.3, 0.4) is 0 Å². The average Bonchev–Trinajstić information content (AvgIpc) is 3.02. The second-order valence-electron chi connectivity index (χ2n) is 8.05. The predicted molar refractivity (Wildman–Crippen MR) is 122 cm³/mol. The number of H-pyrrole nitrogens is 1. The highest BCUT2D eigenvalue weighted by atomic mass is 33.1. The Morgan fingerprint density at radius 3 is 2.64 bits per heavy atom. The summed E-state index contributed by atoms with van der Waals surface area (Å²) in [4.78, 5) is 50.4. The third-order valence-corrected chi connectivity index (χ3v) is 7.62. The molecule has 0 bridgehead atoms. The molecule has 1 aliphatic rings. The molecule has 1 aromatic rings. The SMILES string of the molecule is CCOC(=O)[C@H](CSSC(C)(C)C)NC(=O)OC1C(O)[C@@H](CO)O[C@H]1n1ccc(=O)[nH]c1=O. The highest BCUT2D eigenvalue weighted by Gasteiger charge is 2.47. The molecule has 186 valence electrons. The Morgan fingerprint density at radius 1 is 1.36 bits per heavy atom. The first-order valence-electron chi connectivity index (χ1n) is 10.2. The van der Waals surface area contributed by atoms with E-state index in [0.29, 0.717) is 0 Å². The number of esters is 1. The van der Waals surface area contributed by atoms with Gasteiger partial charge in [0.1, 0.15) is 18.2 Å². The lowest BCUT2D eigenvalue weighted by Crippen LogP contribution is -2.47. The van der Waals surface area contributed by atoms with Crippen molar-refractivity contribution in [2.75, 3.05) is 19.0 Å². The van der Waals surface area contributed by atoms with Crippen LogP contribution < -0.4 is 16.6 Å². The van der Waals surface area contributed by atoms with Gasteiger partial charge in [-0.15, -0.1) is 0 Å². The zero-order valence-corrected chi connectivity index (χ0v) is 20.3. The number of ether oxygens (including phenoxy) is 3. The molecule has 1 amide bonds. The van der Waals surface area contributed by atoms with Crippen LogP contribution in [0.5, 0.6) is 0 Å². The molecule has 1 aromatic heterocycles. The Bertz CT molecular complexity index is 930. The Labute approximate surface area is 197 Å². The molecule has 33 heavy (non-hydrogen) atoms. The smallest absolute Gasteiger partial charge is 0.408 e. The number of rotatable bonds is 9. The highest BCUT2D eigenvalue weighted by molar-refractivity contribution is 8.77. The van der Waals surface area contributed by atoms with Gasteiger partial charge in [0.25, 0.3) is 5.56 Å². The first-order valence-corrected chi connectivity index (χ1v) is 12.5. The molecule has 0 radical (unpaired) electrons. The van der Waals surface area contributed by atoms with E-state index in [1.54, 1.807) is 6.92 Å². The lowest BCUT2D eigenvalue weighted by atomic mass is 10.1. The van der Waals surface area contributed by atoms with Crippen molar-refractivity contribution in [3.05, 3.63) is 33.1 Å². The number of carbonyl (C=O) groups is 2. The maximum absolute atomic E-state index is 12.6. The number of aromatic amines is 1. The molecule has 0 aromatic carbocycles. The summed E-state index contributed by atoms with van der Waals surface area (Å²) < 4.78 is 16.6. The van der Waals surface area contributed by atoms with Gasteiger partial charge >= 0.3 is 17.8 Å². The highest BCUT2D eigenvalue weighted by Crippen LogP contribution is 2.35. The van der Waals surface area contributed by atoms with Gasteiger partial charge in [0.2, 0.25) is 0 Å². The number of carbonyl (C=O) groups excluding carboxylic acids is 2. The van der Waals surface area contributed by atoms with Gasteiger partial charge in [-0.25, -0.2) is 14.4 Å². The summed E-state index contributed by atoms with van der Waals surface area (Å²) in [6.07, 6.45) is -5.29. The Morgan fingerprint density at radius 2 is 2.06 bits per heavy atom. The van der Waals surface area contributed by atoms with Gasteiger partial charge in [0.05, 0.1) is 13.2 Å². The summed E-state index contributed by atoms with van der Waals surface area (Å²) in [6, 6.07) is 0.0289. The van der Waals surface area contributed by atoms with Crippen molar-refractivity contribution in [3.63, 3.8) is 0 Å². The van der Waals surface area contributed by atoms with Crippen molar-refractivity contribution >= 4 is 33.7 Å². The number of nitrogens with zero attached hydrogens (tertiary/aromatic N) is 1. The summed E-state index contributed by atoms with van der Waals surface area (Å²) >= 11 is 0. The van der Waals surface area contributed by atoms with E-state index >= 15 is 0 Å². The molecule has 12 nitrogen and oxygen atoms in total. The maximum atomic E-state index is 12.6. The van der Waals surface area contributed by atoms with Crippen LogP contribution in [-0.4, -0.2) is 79.9 Å². The molecule has 0 spiro atoms. The van der Waals surface area contributed by atoms with Gasteiger partial charge in [-0.1, -0.05) is 42.4 Å². The van der Waals surface area contributed by atoms with E-state index < -0.39 is 60.5 Å². The fourth-order valence-corrected chi connectivity index (χ4v) is 5.29. The zero-order chi connectivity index (χ0) is 24.8. The summed E-state index contributed by atoms with van der Waals surface area (Å²) in [6.45, 7) is 7.16. The molecule has 4 N–H and O–H groups in total. The van der Waals surface area contributed by atoms with Crippen LogP contribution in [0.15, 0.2) is 21.9 Å². The molecule has 5 atom stereocenters. The monoisotopic (exact) mass is 507 g/mol. The minimum atomic E-state index is -1.48. The number of hydrogen-bond donors (Lipinski definition) is 4. The molecule has 1 saturated heterocycles. The Hall–Kier alpha value is -2.00. The lowest BCUT2D eigenvalue weighted by molar-refractivity contribution is -0.145. The quantitative estimate of drug-likeness (QED) is 0.262. The normalized spacial score (nSPS) is 23.7.